The number of rotatable bonds is 2. The predicted octanol–water partition coefficient (Wildman–Crippen LogP) is 2.51. The standard InChI is InChI=1S/C12H9BrN2O3/c13-7-4-5-10(14-6-7)15-12(18)8-2-1-3-9(16)11(8)17/h1-6,16-17H,(H,14,15,18). The third-order valence-electron chi connectivity index (χ3n) is 2.23. The fraction of sp³-hybridized carbons (Fsp3) is 0. The van der Waals surface area contributed by atoms with Crippen LogP contribution in [-0.2, 0) is 0 Å². The van der Waals surface area contributed by atoms with E-state index in [4.69, 9.17) is 0 Å². The topological polar surface area (TPSA) is 82.5 Å². The molecule has 0 bridgehead atoms. The summed E-state index contributed by atoms with van der Waals surface area (Å²) in [5.74, 6) is -0.984. The second kappa shape index (κ2) is 5.05. The van der Waals surface area contributed by atoms with Crippen LogP contribution in [0.1, 0.15) is 10.4 Å². The molecule has 92 valence electrons. The van der Waals surface area contributed by atoms with Gasteiger partial charge < -0.3 is 15.5 Å². The van der Waals surface area contributed by atoms with Crippen LogP contribution in [0.3, 0.4) is 0 Å². The van der Waals surface area contributed by atoms with Crippen LogP contribution >= 0.6 is 15.9 Å². The number of aromatic hydroxyl groups is 2. The van der Waals surface area contributed by atoms with E-state index >= 15 is 0 Å². The second-order valence-corrected chi connectivity index (χ2v) is 4.40. The molecule has 1 amide bonds. The summed E-state index contributed by atoms with van der Waals surface area (Å²) in [6.45, 7) is 0. The lowest BCUT2D eigenvalue weighted by Crippen LogP contribution is -2.12. The van der Waals surface area contributed by atoms with Gasteiger partial charge in [0.05, 0.1) is 5.56 Å². The van der Waals surface area contributed by atoms with E-state index in [0.717, 1.165) is 4.47 Å². The molecule has 2 rings (SSSR count). The summed E-state index contributed by atoms with van der Waals surface area (Å²) in [7, 11) is 0. The molecule has 0 aliphatic carbocycles. The quantitative estimate of drug-likeness (QED) is 0.744. The van der Waals surface area contributed by atoms with E-state index in [0.29, 0.717) is 5.82 Å². The van der Waals surface area contributed by atoms with E-state index in [9.17, 15) is 15.0 Å². The van der Waals surface area contributed by atoms with Gasteiger partial charge in [-0.15, -0.1) is 0 Å². The van der Waals surface area contributed by atoms with Crippen molar-refractivity contribution in [2.75, 3.05) is 5.32 Å². The van der Waals surface area contributed by atoms with Crippen LogP contribution in [0.5, 0.6) is 11.5 Å². The van der Waals surface area contributed by atoms with Crippen LogP contribution in [0.25, 0.3) is 0 Å². The Morgan fingerprint density at radius 2 is 2.00 bits per heavy atom. The minimum Gasteiger partial charge on any atom is -0.504 e. The summed E-state index contributed by atoms with van der Waals surface area (Å²) < 4.78 is 0.792. The van der Waals surface area contributed by atoms with Crippen molar-refractivity contribution in [2.24, 2.45) is 0 Å². The number of anilines is 1. The van der Waals surface area contributed by atoms with Gasteiger partial charge in [0.15, 0.2) is 11.5 Å². The van der Waals surface area contributed by atoms with Gasteiger partial charge in [0.1, 0.15) is 5.82 Å². The Kier molecular flexibility index (Phi) is 3.47. The first-order chi connectivity index (χ1) is 8.58. The Hall–Kier alpha value is -2.08. The molecule has 18 heavy (non-hydrogen) atoms. The Morgan fingerprint density at radius 3 is 2.67 bits per heavy atom. The van der Waals surface area contributed by atoms with Crippen LogP contribution < -0.4 is 5.32 Å². The molecule has 1 aromatic heterocycles. The number of nitrogens with zero attached hydrogens (tertiary/aromatic N) is 1. The van der Waals surface area contributed by atoms with Crippen molar-refractivity contribution in [3.63, 3.8) is 0 Å². The molecule has 1 aromatic carbocycles. The second-order valence-electron chi connectivity index (χ2n) is 3.49. The summed E-state index contributed by atoms with van der Waals surface area (Å²) in [5, 5.41) is 21.4. The van der Waals surface area contributed by atoms with Crippen LogP contribution in [0, 0.1) is 0 Å². The minimum absolute atomic E-state index is 0.0141. The molecule has 0 aliphatic rings. The zero-order valence-electron chi connectivity index (χ0n) is 9.09. The average molecular weight is 309 g/mol. The number of halogens is 1. The van der Waals surface area contributed by atoms with Crippen molar-refractivity contribution in [3.8, 4) is 11.5 Å². The summed E-state index contributed by atoms with van der Waals surface area (Å²) in [5.41, 5.74) is -0.0141. The van der Waals surface area contributed by atoms with E-state index in [-0.39, 0.29) is 11.3 Å². The molecular weight excluding hydrogens is 300 g/mol. The van der Waals surface area contributed by atoms with Crippen molar-refractivity contribution in [3.05, 3.63) is 46.6 Å². The summed E-state index contributed by atoms with van der Waals surface area (Å²) in [4.78, 5) is 15.8. The number of carbonyl (C=O) groups excluding carboxylic acids is 1. The number of amides is 1. The maximum absolute atomic E-state index is 11.8. The number of hydrogen-bond donors (Lipinski definition) is 3. The van der Waals surface area contributed by atoms with Gasteiger partial charge in [0.2, 0.25) is 0 Å². The number of phenols is 2. The van der Waals surface area contributed by atoms with Crippen molar-refractivity contribution < 1.29 is 15.0 Å². The average Bonchev–Trinajstić information content (AvgIpc) is 2.35. The van der Waals surface area contributed by atoms with E-state index in [2.05, 4.69) is 26.2 Å². The number of carbonyl (C=O) groups is 1. The van der Waals surface area contributed by atoms with Gasteiger partial charge in [-0.2, -0.15) is 0 Å². The summed E-state index contributed by atoms with van der Waals surface area (Å²) >= 11 is 3.23. The highest BCUT2D eigenvalue weighted by Crippen LogP contribution is 2.28. The zero-order valence-corrected chi connectivity index (χ0v) is 10.7. The number of pyridine rings is 1. The summed E-state index contributed by atoms with van der Waals surface area (Å²) in [6.07, 6.45) is 1.54. The Bertz CT molecular complexity index is 584. The van der Waals surface area contributed by atoms with Gasteiger partial charge in [-0.25, -0.2) is 4.98 Å². The van der Waals surface area contributed by atoms with E-state index in [1.165, 1.54) is 24.4 Å². The molecule has 0 saturated heterocycles. The largest absolute Gasteiger partial charge is 0.504 e. The van der Waals surface area contributed by atoms with E-state index in [1.807, 2.05) is 0 Å². The first kappa shape index (κ1) is 12.4. The van der Waals surface area contributed by atoms with Crippen LogP contribution in [-0.4, -0.2) is 21.1 Å². The highest BCUT2D eigenvalue weighted by atomic mass is 79.9. The molecule has 0 saturated carbocycles. The highest BCUT2D eigenvalue weighted by molar-refractivity contribution is 9.10. The maximum atomic E-state index is 11.8. The van der Waals surface area contributed by atoms with Gasteiger partial charge in [0.25, 0.3) is 5.91 Å². The summed E-state index contributed by atoms with van der Waals surface area (Å²) in [6, 6.07) is 7.51. The third-order valence-corrected chi connectivity index (χ3v) is 2.70. The van der Waals surface area contributed by atoms with Gasteiger partial charge >= 0.3 is 0 Å². The molecule has 0 aliphatic heterocycles. The molecule has 6 heteroatoms. The molecule has 2 aromatic rings. The first-order valence-electron chi connectivity index (χ1n) is 5.02. The van der Waals surface area contributed by atoms with Gasteiger partial charge in [-0.05, 0) is 40.2 Å². The molecule has 0 fully saturated rings. The number of phenolic OH excluding ortho intramolecular Hbond substituents is 2. The number of hydrogen-bond acceptors (Lipinski definition) is 4. The number of para-hydroxylation sites is 1. The lowest BCUT2D eigenvalue weighted by atomic mass is 10.1. The van der Waals surface area contributed by atoms with Gasteiger partial charge in [-0.1, -0.05) is 6.07 Å². The van der Waals surface area contributed by atoms with Crippen molar-refractivity contribution >= 4 is 27.7 Å². The monoisotopic (exact) mass is 308 g/mol. The first-order valence-corrected chi connectivity index (χ1v) is 5.81. The van der Waals surface area contributed by atoms with E-state index in [1.54, 1.807) is 12.1 Å². The smallest absolute Gasteiger partial charge is 0.260 e. The van der Waals surface area contributed by atoms with Crippen LogP contribution in [0.4, 0.5) is 5.82 Å². The Morgan fingerprint density at radius 1 is 1.22 bits per heavy atom. The molecule has 3 N–H and O–H groups in total. The van der Waals surface area contributed by atoms with Crippen molar-refractivity contribution in [1.82, 2.24) is 4.98 Å². The van der Waals surface area contributed by atoms with Crippen LogP contribution in [0.2, 0.25) is 0 Å². The van der Waals surface area contributed by atoms with Crippen molar-refractivity contribution in [1.29, 1.82) is 0 Å². The van der Waals surface area contributed by atoms with Crippen LogP contribution in [0.15, 0.2) is 41.0 Å². The normalized spacial score (nSPS) is 10.1. The number of aromatic nitrogens is 1. The van der Waals surface area contributed by atoms with E-state index < -0.39 is 11.7 Å². The fourth-order valence-corrected chi connectivity index (χ4v) is 1.58. The fourth-order valence-electron chi connectivity index (χ4n) is 1.35. The lowest BCUT2D eigenvalue weighted by molar-refractivity contribution is 0.102. The molecule has 0 atom stereocenters. The molecule has 0 spiro atoms. The van der Waals surface area contributed by atoms with Gasteiger partial charge in [0, 0.05) is 10.7 Å². The maximum Gasteiger partial charge on any atom is 0.260 e. The molecule has 1 heterocycles. The van der Waals surface area contributed by atoms with Crippen molar-refractivity contribution in [2.45, 2.75) is 0 Å². The highest BCUT2D eigenvalue weighted by Gasteiger charge is 2.14. The van der Waals surface area contributed by atoms with Gasteiger partial charge in [-0.3, -0.25) is 4.79 Å². The molecule has 0 unspecified atom stereocenters. The number of nitrogens with one attached hydrogen (secondary N) is 1. The lowest BCUT2D eigenvalue weighted by Gasteiger charge is -2.06. The molecule has 0 radical (unpaired) electrons. The third kappa shape index (κ3) is 2.60. The SMILES string of the molecule is O=C(Nc1ccc(Br)cn1)c1cccc(O)c1O. The minimum atomic E-state index is -0.543. The Labute approximate surface area is 111 Å². The predicted molar refractivity (Wildman–Crippen MR) is 69.7 cm³/mol. The molecular formula is C12H9BrN2O3. The Balaban J connectivity index is 2.22. The zero-order chi connectivity index (χ0) is 13.1. The number of benzene rings is 1. The molecule has 5 nitrogen and oxygen atoms in total.